The van der Waals surface area contributed by atoms with Crippen LogP contribution in [0.2, 0.25) is 0 Å². The molecule has 116 valence electrons. The fourth-order valence-corrected chi connectivity index (χ4v) is 2.41. The number of thiophene rings is 1. The molecule has 0 aliphatic heterocycles. The summed E-state index contributed by atoms with van der Waals surface area (Å²) in [7, 11) is 0. The van der Waals surface area contributed by atoms with Crippen molar-refractivity contribution in [3.63, 3.8) is 0 Å². The van der Waals surface area contributed by atoms with Crippen molar-refractivity contribution in [2.24, 2.45) is 5.92 Å². The first-order chi connectivity index (χ1) is 10.5. The van der Waals surface area contributed by atoms with E-state index in [-0.39, 0.29) is 11.9 Å². The molecule has 0 radical (unpaired) electrons. The Hall–Kier alpha value is -2.14. The summed E-state index contributed by atoms with van der Waals surface area (Å²) in [5.41, 5.74) is 0.667. The SMILES string of the molecule is CC(C)CCC(=O)Oc1ccc(NC(=O)c2cccs2)cc1. The van der Waals surface area contributed by atoms with Gasteiger partial charge >= 0.3 is 5.97 Å². The van der Waals surface area contributed by atoms with Gasteiger partial charge in [-0.15, -0.1) is 11.3 Å². The lowest BCUT2D eigenvalue weighted by molar-refractivity contribution is -0.134. The highest BCUT2D eigenvalue weighted by molar-refractivity contribution is 7.12. The van der Waals surface area contributed by atoms with Crippen LogP contribution in [-0.4, -0.2) is 11.9 Å². The lowest BCUT2D eigenvalue weighted by Crippen LogP contribution is -2.11. The van der Waals surface area contributed by atoms with Crippen LogP contribution in [0.4, 0.5) is 5.69 Å². The van der Waals surface area contributed by atoms with Gasteiger partial charge in [0.05, 0.1) is 4.88 Å². The van der Waals surface area contributed by atoms with Crippen LogP contribution in [0.25, 0.3) is 0 Å². The highest BCUT2D eigenvalue weighted by Crippen LogP contribution is 2.18. The van der Waals surface area contributed by atoms with Crippen molar-refractivity contribution in [2.45, 2.75) is 26.7 Å². The van der Waals surface area contributed by atoms with Gasteiger partial charge in [-0.1, -0.05) is 19.9 Å². The van der Waals surface area contributed by atoms with Crippen LogP contribution in [0.15, 0.2) is 41.8 Å². The molecule has 0 atom stereocenters. The molecular formula is C17H19NO3S. The van der Waals surface area contributed by atoms with Crippen LogP contribution in [0.1, 0.15) is 36.4 Å². The van der Waals surface area contributed by atoms with Gasteiger partial charge in [-0.25, -0.2) is 0 Å². The molecule has 0 aliphatic carbocycles. The Morgan fingerprint density at radius 2 is 1.91 bits per heavy atom. The predicted octanol–water partition coefficient (Wildman–Crippen LogP) is 4.34. The van der Waals surface area contributed by atoms with Crippen molar-refractivity contribution in [1.29, 1.82) is 0 Å². The van der Waals surface area contributed by atoms with Gasteiger partial charge in [-0.2, -0.15) is 0 Å². The second kappa shape index (κ2) is 7.75. The summed E-state index contributed by atoms with van der Waals surface area (Å²) in [4.78, 5) is 24.2. The largest absolute Gasteiger partial charge is 0.427 e. The van der Waals surface area contributed by atoms with Crippen LogP contribution in [0, 0.1) is 5.92 Å². The number of rotatable bonds is 6. The number of hydrogen-bond donors (Lipinski definition) is 1. The van der Waals surface area contributed by atoms with Gasteiger partial charge in [-0.05, 0) is 48.1 Å². The molecule has 2 rings (SSSR count). The zero-order valence-corrected chi connectivity index (χ0v) is 13.5. The summed E-state index contributed by atoms with van der Waals surface area (Å²) in [6.45, 7) is 4.14. The smallest absolute Gasteiger partial charge is 0.311 e. The second-order valence-corrected chi connectivity index (χ2v) is 6.31. The van der Waals surface area contributed by atoms with Gasteiger partial charge < -0.3 is 10.1 Å². The first kappa shape index (κ1) is 16.2. The Morgan fingerprint density at radius 3 is 2.50 bits per heavy atom. The summed E-state index contributed by atoms with van der Waals surface area (Å²) < 4.78 is 5.25. The number of nitrogens with one attached hydrogen (secondary N) is 1. The number of anilines is 1. The fourth-order valence-electron chi connectivity index (χ4n) is 1.80. The molecular weight excluding hydrogens is 298 g/mol. The molecule has 0 bridgehead atoms. The number of benzene rings is 1. The number of ether oxygens (including phenoxy) is 1. The van der Waals surface area contributed by atoms with Gasteiger partial charge in [0.2, 0.25) is 0 Å². The third-order valence-electron chi connectivity index (χ3n) is 3.01. The Morgan fingerprint density at radius 1 is 1.18 bits per heavy atom. The molecule has 5 heteroatoms. The zero-order valence-electron chi connectivity index (χ0n) is 12.7. The maximum absolute atomic E-state index is 11.9. The molecule has 4 nitrogen and oxygen atoms in total. The third-order valence-corrected chi connectivity index (χ3v) is 3.88. The summed E-state index contributed by atoms with van der Waals surface area (Å²) >= 11 is 1.39. The fraction of sp³-hybridized carbons (Fsp3) is 0.294. The maximum Gasteiger partial charge on any atom is 0.311 e. The van der Waals surface area contributed by atoms with Crippen LogP contribution < -0.4 is 10.1 Å². The molecule has 1 amide bonds. The molecule has 0 unspecified atom stereocenters. The summed E-state index contributed by atoms with van der Waals surface area (Å²) in [5, 5.41) is 4.65. The number of carbonyl (C=O) groups excluding carboxylic acids is 2. The van der Waals surface area contributed by atoms with E-state index in [0.717, 1.165) is 6.42 Å². The van der Waals surface area contributed by atoms with Gasteiger partial charge in [0.15, 0.2) is 0 Å². The van der Waals surface area contributed by atoms with Gasteiger partial charge in [0, 0.05) is 12.1 Å². The number of hydrogen-bond acceptors (Lipinski definition) is 4. The lowest BCUT2D eigenvalue weighted by Gasteiger charge is -2.07. The van der Waals surface area contributed by atoms with E-state index in [4.69, 9.17) is 4.74 Å². The summed E-state index contributed by atoms with van der Waals surface area (Å²) in [6, 6.07) is 10.4. The Labute approximate surface area is 134 Å². The van der Waals surface area contributed by atoms with Gasteiger partial charge in [0.1, 0.15) is 5.75 Å². The summed E-state index contributed by atoms with van der Waals surface area (Å²) in [6.07, 6.45) is 1.22. The highest BCUT2D eigenvalue weighted by atomic mass is 32.1. The van der Waals surface area contributed by atoms with Crippen molar-refractivity contribution in [3.05, 3.63) is 46.7 Å². The maximum atomic E-state index is 11.9. The minimum atomic E-state index is -0.232. The monoisotopic (exact) mass is 317 g/mol. The quantitative estimate of drug-likeness (QED) is 0.637. The normalized spacial score (nSPS) is 10.5. The molecule has 0 aliphatic rings. The molecule has 0 saturated carbocycles. The predicted molar refractivity (Wildman–Crippen MR) is 88.4 cm³/mol. The molecule has 1 N–H and O–H groups in total. The number of amides is 1. The van der Waals surface area contributed by atoms with E-state index in [1.54, 1.807) is 30.3 Å². The first-order valence-corrected chi connectivity index (χ1v) is 8.08. The number of esters is 1. The zero-order chi connectivity index (χ0) is 15.9. The molecule has 1 aromatic heterocycles. The van der Waals surface area contributed by atoms with E-state index in [0.29, 0.717) is 28.7 Å². The standard InChI is InChI=1S/C17H19NO3S/c1-12(2)5-10-16(19)21-14-8-6-13(7-9-14)18-17(20)15-4-3-11-22-15/h3-4,6-9,11-12H,5,10H2,1-2H3,(H,18,20). The van der Waals surface area contributed by atoms with E-state index in [2.05, 4.69) is 19.2 Å². The Bertz CT molecular complexity index is 618. The average Bonchev–Trinajstić information content (AvgIpc) is 3.01. The topological polar surface area (TPSA) is 55.4 Å². The first-order valence-electron chi connectivity index (χ1n) is 7.20. The van der Waals surface area contributed by atoms with E-state index in [1.807, 2.05) is 11.4 Å². The van der Waals surface area contributed by atoms with E-state index >= 15 is 0 Å². The lowest BCUT2D eigenvalue weighted by atomic mass is 10.1. The van der Waals surface area contributed by atoms with Crippen molar-refractivity contribution in [2.75, 3.05) is 5.32 Å². The minimum absolute atomic E-state index is 0.142. The molecule has 1 aromatic carbocycles. The Kier molecular flexibility index (Phi) is 5.72. The van der Waals surface area contributed by atoms with Crippen molar-refractivity contribution in [1.82, 2.24) is 0 Å². The van der Waals surface area contributed by atoms with Gasteiger partial charge in [-0.3, -0.25) is 9.59 Å². The third kappa shape index (κ3) is 5.00. The highest BCUT2D eigenvalue weighted by Gasteiger charge is 2.08. The van der Waals surface area contributed by atoms with Crippen LogP contribution in [0.5, 0.6) is 5.75 Å². The number of carbonyl (C=O) groups is 2. The van der Waals surface area contributed by atoms with Crippen molar-refractivity contribution < 1.29 is 14.3 Å². The average molecular weight is 317 g/mol. The molecule has 22 heavy (non-hydrogen) atoms. The molecule has 1 heterocycles. The second-order valence-electron chi connectivity index (χ2n) is 5.36. The molecule has 0 spiro atoms. The molecule has 0 fully saturated rings. The van der Waals surface area contributed by atoms with E-state index in [9.17, 15) is 9.59 Å². The summed E-state index contributed by atoms with van der Waals surface area (Å²) in [5.74, 6) is 0.589. The van der Waals surface area contributed by atoms with Crippen LogP contribution in [-0.2, 0) is 4.79 Å². The van der Waals surface area contributed by atoms with E-state index in [1.165, 1.54) is 11.3 Å². The van der Waals surface area contributed by atoms with Gasteiger partial charge in [0.25, 0.3) is 5.91 Å². The van der Waals surface area contributed by atoms with Crippen LogP contribution in [0.3, 0.4) is 0 Å². The molecule has 0 saturated heterocycles. The van der Waals surface area contributed by atoms with Crippen molar-refractivity contribution in [3.8, 4) is 5.75 Å². The Balaban J connectivity index is 1.87. The molecule has 2 aromatic rings. The van der Waals surface area contributed by atoms with Crippen LogP contribution >= 0.6 is 11.3 Å². The minimum Gasteiger partial charge on any atom is -0.427 e. The van der Waals surface area contributed by atoms with Crippen molar-refractivity contribution >= 4 is 28.9 Å². The van der Waals surface area contributed by atoms with E-state index < -0.39 is 0 Å².